The highest BCUT2D eigenvalue weighted by atomic mass is 32.1. The molecule has 0 unspecified atom stereocenters. The molecule has 0 amide bonds. The zero-order chi connectivity index (χ0) is 9.14. The molecule has 0 radical (unpaired) electrons. The lowest BCUT2D eigenvalue weighted by Gasteiger charge is -2.17. The molecule has 0 aromatic carbocycles. The highest BCUT2D eigenvalue weighted by Gasteiger charge is 2.21. The molecule has 1 heterocycles. The van der Waals surface area contributed by atoms with Gasteiger partial charge in [-0.3, -0.25) is 0 Å². The van der Waals surface area contributed by atoms with Crippen molar-refractivity contribution in [1.29, 1.82) is 5.26 Å². The first kappa shape index (κ1) is 9.01. The highest BCUT2D eigenvalue weighted by molar-refractivity contribution is 7.79. The van der Waals surface area contributed by atoms with Gasteiger partial charge in [0.25, 0.3) is 0 Å². The molecule has 3 nitrogen and oxygen atoms in total. The van der Waals surface area contributed by atoms with Gasteiger partial charge in [0.2, 0.25) is 0 Å². The summed E-state index contributed by atoms with van der Waals surface area (Å²) >= 11 is 4.76. The minimum absolute atomic E-state index is 0.576. The van der Waals surface area contributed by atoms with Crippen LogP contribution in [0.15, 0.2) is 11.4 Å². The van der Waals surface area contributed by atoms with Gasteiger partial charge in [-0.05, 0) is 0 Å². The maximum atomic E-state index is 8.76. The number of likely N-dealkylation sites (N-methyl/N-ethyl adjacent to an activating group) is 2. The molecule has 1 saturated heterocycles. The van der Waals surface area contributed by atoms with Gasteiger partial charge in [-0.2, -0.15) is 5.26 Å². The van der Waals surface area contributed by atoms with Gasteiger partial charge in [-0.25, -0.2) is 0 Å². The molecule has 0 aliphatic carbocycles. The summed E-state index contributed by atoms with van der Waals surface area (Å²) in [4.78, 5) is 4.09. The Morgan fingerprint density at radius 1 is 1.50 bits per heavy atom. The van der Waals surface area contributed by atoms with Crippen molar-refractivity contribution < 1.29 is 0 Å². The van der Waals surface area contributed by atoms with Crippen molar-refractivity contribution in [2.24, 2.45) is 0 Å². The molecule has 1 aliphatic rings. The second kappa shape index (κ2) is 3.55. The molecule has 12 heavy (non-hydrogen) atoms. The molecule has 0 N–H and O–H groups in total. The van der Waals surface area contributed by atoms with Crippen LogP contribution >= 0.6 is 12.2 Å². The van der Waals surface area contributed by atoms with Gasteiger partial charge in [-0.1, -0.05) is 12.2 Å². The topological polar surface area (TPSA) is 30.3 Å². The third-order valence-electron chi connectivity index (χ3n) is 1.97. The predicted molar refractivity (Wildman–Crippen MR) is 51.6 cm³/mol. The number of rotatable bonds is 1. The Hall–Kier alpha value is -1.08. The van der Waals surface area contributed by atoms with E-state index in [9.17, 15) is 0 Å². The average Bonchev–Trinajstić information content (AvgIpc) is 2.38. The molecule has 0 atom stereocenters. The Morgan fingerprint density at radius 3 is 2.33 bits per heavy atom. The van der Waals surface area contributed by atoms with Crippen LogP contribution in [-0.2, 0) is 0 Å². The number of thiocarbonyl (C=S) groups is 1. The summed E-state index contributed by atoms with van der Waals surface area (Å²) < 4.78 is 0. The van der Waals surface area contributed by atoms with Gasteiger partial charge >= 0.3 is 0 Å². The van der Waals surface area contributed by atoms with E-state index in [2.05, 4.69) is 6.07 Å². The largest absolute Gasteiger partial charge is 0.358 e. The van der Waals surface area contributed by atoms with Crippen LogP contribution in [0.3, 0.4) is 0 Å². The number of nitrogens with zero attached hydrogens (tertiary/aromatic N) is 3. The standard InChI is InChI=1S/C8H11N3S/c1-10-3-4-11(2)8(10)7(5-9)6-12/h6H,3-4H2,1-2H3. The number of nitriles is 1. The normalized spacial score (nSPS) is 16.2. The smallest absolute Gasteiger partial charge is 0.123 e. The fraction of sp³-hybridized carbons (Fsp3) is 0.500. The van der Waals surface area contributed by atoms with E-state index in [1.165, 1.54) is 5.37 Å². The molecule has 4 heteroatoms. The van der Waals surface area contributed by atoms with Crippen LogP contribution in [-0.4, -0.2) is 42.4 Å². The quantitative estimate of drug-likeness (QED) is 0.337. The predicted octanol–water partition coefficient (Wildman–Crippen LogP) is 0.598. The first-order valence-corrected chi connectivity index (χ1v) is 4.19. The van der Waals surface area contributed by atoms with Crippen LogP contribution in [0.25, 0.3) is 0 Å². The summed E-state index contributed by atoms with van der Waals surface area (Å²) in [6.45, 7) is 1.92. The summed E-state index contributed by atoms with van der Waals surface area (Å²) in [7, 11) is 3.93. The van der Waals surface area contributed by atoms with E-state index < -0.39 is 0 Å². The zero-order valence-electron chi connectivity index (χ0n) is 7.24. The molecule has 64 valence electrons. The van der Waals surface area contributed by atoms with Gasteiger partial charge in [0.15, 0.2) is 0 Å². The van der Waals surface area contributed by atoms with E-state index in [0.717, 1.165) is 18.9 Å². The van der Waals surface area contributed by atoms with Crippen molar-refractivity contribution in [3.05, 3.63) is 11.4 Å². The van der Waals surface area contributed by atoms with Gasteiger partial charge < -0.3 is 9.80 Å². The van der Waals surface area contributed by atoms with E-state index in [1.807, 2.05) is 23.9 Å². The molecule has 0 spiro atoms. The highest BCUT2D eigenvalue weighted by Crippen LogP contribution is 2.16. The van der Waals surface area contributed by atoms with Gasteiger partial charge in [-0.15, -0.1) is 0 Å². The summed E-state index contributed by atoms with van der Waals surface area (Å²) in [6.07, 6.45) is 0. The zero-order valence-corrected chi connectivity index (χ0v) is 8.06. The molecule has 1 fully saturated rings. The Labute approximate surface area is 77.9 Å². The Kier molecular flexibility index (Phi) is 2.66. The minimum atomic E-state index is 0.576. The monoisotopic (exact) mass is 181 g/mol. The van der Waals surface area contributed by atoms with Gasteiger partial charge in [0.05, 0.1) is 0 Å². The first-order valence-electron chi connectivity index (χ1n) is 3.72. The van der Waals surface area contributed by atoms with Crippen molar-refractivity contribution in [2.45, 2.75) is 0 Å². The second-order valence-corrected chi connectivity index (χ2v) is 3.05. The van der Waals surface area contributed by atoms with E-state index in [1.54, 1.807) is 0 Å². The summed E-state index contributed by atoms with van der Waals surface area (Å²) in [5, 5.41) is 10.2. The Morgan fingerprint density at radius 2 is 2.00 bits per heavy atom. The lowest BCUT2D eigenvalue weighted by Crippen LogP contribution is -2.18. The van der Waals surface area contributed by atoms with Crippen molar-refractivity contribution in [1.82, 2.24) is 9.80 Å². The lowest BCUT2D eigenvalue weighted by atomic mass is 10.3. The molecular formula is C8H11N3S. The molecular weight excluding hydrogens is 170 g/mol. The maximum Gasteiger partial charge on any atom is 0.123 e. The van der Waals surface area contributed by atoms with Crippen molar-refractivity contribution in [3.8, 4) is 6.07 Å². The van der Waals surface area contributed by atoms with Crippen LogP contribution in [0.5, 0.6) is 0 Å². The summed E-state index contributed by atoms with van der Waals surface area (Å²) in [6, 6.07) is 2.09. The Balaban J connectivity index is 3.05. The van der Waals surface area contributed by atoms with Crippen molar-refractivity contribution in [3.63, 3.8) is 0 Å². The molecule has 1 aliphatic heterocycles. The third kappa shape index (κ3) is 1.41. The second-order valence-electron chi connectivity index (χ2n) is 2.81. The number of hydrogen-bond acceptors (Lipinski definition) is 4. The van der Waals surface area contributed by atoms with Crippen LogP contribution in [0, 0.1) is 11.3 Å². The minimum Gasteiger partial charge on any atom is -0.358 e. The molecule has 0 aromatic rings. The van der Waals surface area contributed by atoms with Crippen molar-refractivity contribution >= 4 is 17.6 Å². The third-order valence-corrected chi connectivity index (χ3v) is 2.21. The SMILES string of the molecule is CN1CCN(C)C1=C(C#N)C=S. The summed E-state index contributed by atoms with van der Waals surface area (Å²) in [5.41, 5.74) is 0.576. The average molecular weight is 181 g/mol. The Bertz CT molecular complexity index is 252. The van der Waals surface area contributed by atoms with Crippen LogP contribution < -0.4 is 0 Å². The first-order chi connectivity index (χ1) is 5.70. The lowest BCUT2D eigenvalue weighted by molar-refractivity contribution is 0.421. The molecule has 0 aromatic heterocycles. The van der Waals surface area contributed by atoms with Crippen LogP contribution in [0.4, 0.5) is 0 Å². The van der Waals surface area contributed by atoms with Gasteiger partial charge in [0.1, 0.15) is 17.5 Å². The van der Waals surface area contributed by atoms with Crippen molar-refractivity contribution in [2.75, 3.05) is 27.2 Å². The van der Waals surface area contributed by atoms with E-state index in [4.69, 9.17) is 17.5 Å². The maximum absolute atomic E-state index is 8.76. The van der Waals surface area contributed by atoms with Crippen LogP contribution in [0.2, 0.25) is 0 Å². The number of allylic oxidation sites excluding steroid dienone is 1. The fourth-order valence-electron chi connectivity index (χ4n) is 1.34. The molecule has 0 bridgehead atoms. The molecule has 0 saturated carbocycles. The number of hydrogen-bond donors (Lipinski definition) is 0. The fourth-order valence-corrected chi connectivity index (χ4v) is 1.50. The van der Waals surface area contributed by atoms with Crippen LogP contribution in [0.1, 0.15) is 0 Å². The molecule has 1 rings (SSSR count). The van der Waals surface area contributed by atoms with E-state index in [0.29, 0.717) is 5.57 Å². The summed E-state index contributed by atoms with van der Waals surface area (Å²) in [5.74, 6) is 0.938. The van der Waals surface area contributed by atoms with E-state index in [-0.39, 0.29) is 0 Å². The van der Waals surface area contributed by atoms with E-state index >= 15 is 0 Å². The van der Waals surface area contributed by atoms with Gasteiger partial charge in [0, 0.05) is 32.6 Å².